The quantitative estimate of drug-likeness (QED) is 0.221. The van der Waals surface area contributed by atoms with Crippen LogP contribution in [0.1, 0.15) is 62.1 Å². The maximum Gasteiger partial charge on any atom is 0.347 e. The number of benzene rings is 4. The first-order valence-electron chi connectivity index (χ1n) is 10.3. The number of hydrogen-bond donors (Lipinski definition) is 4. The molecule has 4 rings (SSSR count). The van der Waals surface area contributed by atoms with Crippen LogP contribution in [0.2, 0.25) is 0 Å². The molecule has 4 aromatic carbocycles. The van der Waals surface area contributed by atoms with Crippen LogP contribution in [0, 0.1) is 0 Å². The van der Waals surface area contributed by atoms with Crippen molar-refractivity contribution >= 4 is 57.4 Å². The van der Waals surface area contributed by atoms with Crippen molar-refractivity contribution < 1.29 is 53.9 Å². The maximum absolute atomic E-state index is 13.1. The van der Waals surface area contributed by atoms with Crippen LogP contribution in [0.4, 0.5) is 0 Å². The summed E-state index contributed by atoms with van der Waals surface area (Å²) in [6.07, 6.45) is 0. The number of rotatable bonds is 6. The molecule has 0 unspecified atom stereocenters. The Balaban J connectivity index is 1.91. The Bertz CT molecular complexity index is 1570. The van der Waals surface area contributed by atoms with Crippen LogP contribution >= 0.6 is 0 Å². The summed E-state index contributed by atoms with van der Waals surface area (Å²) in [4.78, 5) is 73.4. The molecule has 11 heteroatoms. The van der Waals surface area contributed by atoms with Crippen molar-refractivity contribution in [1.82, 2.24) is 0 Å². The first-order valence-corrected chi connectivity index (χ1v) is 10.3. The van der Waals surface area contributed by atoms with E-state index in [0.29, 0.717) is 0 Å². The molecule has 0 atom stereocenters. The second kappa shape index (κ2) is 9.23. The van der Waals surface area contributed by atoms with Gasteiger partial charge in [0.05, 0.1) is 33.4 Å². The van der Waals surface area contributed by atoms with Crippen LogP contribution < -0.4 is 0 Å². The largest absolute Gasteiger partial charge is 0.478 e. The van der Waals surface area contributed by atoms with Crippen LogP contribution in [-0.2, 0) is 4.74 Å². The third kappa shape index (κ3) is 4.21. The van der Waals surface area contributed by atoms with Crippen molar-refractivity contribution in [3.8, 4) is 0 Å². The molecule has 0 aliphatic heterocycles. The second-order valence-electron chi connectivity index (χ2n) is 7.68. The molecule has 0 aromatic heterocycles. The lowest BCUT2D eigenvalue weighted by molar-refractivity contribution is 0.0388. The van der Waals surface area contributed by atoms with E-state index in [1.807, 2.05) is 0 Å². The number of hydrogen-bond acceptors (Lipinski definition) is 7. The van der Waals surface area contributed by atoms with Crippen molar-refractivity contribution in [2.24, 2.45) is 0 Å². The number of fused-ring (bicyclic) bond motifs is 2. The molecule has 0 aliphatic rings. The highest BCUT2D eigenvalue weighted by Gasteiger charge is 2.30. The molecular weight excluding hydrogens is 488 g/mol. The van der Waals surface area contributed by atoms with Gasteiger partial charge in [0.25, 0.3) is 0 Å². The lowest BCUT2D eigenvalue weighted by Gasteiger charge is -2.14. The Morgan fingerprint density at radius 2 is 0.757 bits per heavy atom. The van der Waals surface area contributed by atoms with Gasteiger partial charge in [-0.2, -0.15) is 0 Å². The molecule has 4 N–H and O–H groups in total. The fourth-order valence-corrected chi connectivity index (χ4v) is 4.07. The summed E-state index contributed by atoms with van der Waals surface area (Å²) in [5.74, 6) is -9.20. The smallest absolute Gasteiger partial charge is 0.347 e. The van der Waals surface area contributed by atoms with Crippen molar-refractivity contribution in [3.63, 3.8) is 0 Å². The summed E-state index contributed by atoms with van der Waals surface area (Å²) in [6, 6.07) is 12.5. The normalized spacial score (nSPS) is 10.7. The number of carboxylic acids is 4. The van der Waals surface area contributed by atoms with E-state index in [1.165, 1.54) is 48.5 Å². The maximum atomic E-state index is 13.1. The molecule has 11 nitrogen and oxygen atoms in total. The lowest BCUT2D eigenvalue weighted by Crippen LogP contribution is -2.20. The summed E-state index contributed by atoms with van der Waals surface area (Å²) in [5, 5.41) is 38.1. The van der Waals surface area contributed by atoms with Crippen LogP contribution in [0.25, 0.3) is 21.5 Å². The first kappa shape index (κ1) is 24.5. The molecule has 0 spiro atoms. The van der Waals surface area contributed by atoms with E-state index >= 15 is 0 Å². The van der Waals surface area contributed by atoms with Crippen molar-refractivity contribution in [3.05, 3.63) is 94.0 Å². The molecule has 184 valence electrons. The molecule has 0 heterocycles. The fraction of sp³-hybridized carbons (Fsp3) is 0. The Hall–Kier alpha value is -5.58. The topological polar surface area (TPSA) is 193 Å². The third-order valence-corrected chi connectivity index (χ3v) is 5.60. The highest BCUT2D eigenvalue weighted by atomic mass is 16.6. The van der Waals surface area contributed by atoms with E-state index in [2.05, 4.69) is 0 Å². The van der Waals surface area contributed by atoms with Crippen molar-refractivity contribution in [1.29, 1.82) is 0 Å². The van der Waals surface area contributed by atoms with Crippen LogP contribution in [-0.4, -0.2) is 56.2 Å². The Labute approximate surface area is 205 Å². The van der Waals surface area contributed by atoms with Gasteiger partial charge in [-0.1, -0.05) is 48.5 Å². The zero-order chi connectivity index (χ0) is 27.0. The molecule has 0 saturated carbocycles. The van der Waals surface area contributed by atoms with Gasteiger partial charge in [-0.15, -0.1) is 0 Å². The zero-order valence-electron chi connectivity index (χ0n) is 18.4. The number of esters is 2. The number of ether oxygens (including phenoxy) is 1. The predicted octanol–water partition coefficient (Wildman–Crippen LogP) is 3.78. The highest BCUT2D eigenvalue weighted by Crippen LogP contribution is 2.30. The molecule has 0 bridgehead atoms. The minimum Gasteiger partial charge on any atom is -0.478 e. The van der Waals surface area contributed by atoms with E-state index in [9.17, 15) is 49.2 Å². The summed E-state index contributed by atoms with van der Waals surface area (Å²) >= 11 is 0. The molecule has 4 aromatic rings. The summed E-state index contributed by atoms with van der Waals surface area (Å²) in [7, 11) is 0. The van der Waals surface area contributed by atoms with Gasteiger partial charge in [-0.25, -0.2) is 28.8 Å². The molecule has 0 fully saturated rings. The molecule has 0 saturated heterocycles. The zero-order valence-corrected chi connectivity index (χ0v) is 18.4. The van der Waals surface area contributed by atoms with E-state index in [1.54, 1.807) is 0 Å². The van der Waals surface area contributed by atoms with Gasteiger partial charge < -0.3 is 25.2 Å². The summed E-state index contributed by atoms with van der Waals surface area (Å²) < 4.78 is 4.92. The van der Waals surface area contributed by atoms with E-state index in [-0.39, 0.29) is 21.5 Å². The third-order valence-electron chi connectivity index (χ3n) is 5.60. The van der Waals surface area contributed by atoms with Crippen molar-refractivity contribution in [2.75, 3.05) is 0 Å². The van der Waals surface area contributed by atoms with E-state index < -0.39 is 69.2 Å². The van der Waals surface area contributed by atoms with Gasteiger partial charge in [0, 0.05) is 0 Å². The minimum atomic E-state index is -1.67. The van der Waals surface area contributed by atoms with Gasteiger partial charge in [-0.05, 0) is 33.7 Å². The number of aromatic carboxylic acids is 4. The van der Waals surface area contributed by atoms with Crippen LogP contribution in [0.5, 0.6) is 0 Å². The van der Waals surface area contributed by atoms with E-state index in [4.69, 9.17) is 4.74 Å². The first-order chi connectivity index (χ1) is 17.5. The highest BCUT2D eigenvalue weighted by molar-refractivity contribution is 6.22. The number of carboxylic acid groups (broad SMARTS) is 4. The standard InChI is InChI=1S/C26H14O11/c27-21(28)15-9-17(23(31)32)19(13-7-3-1-5-11(13)15)25(35)37-26(36)20-14-8-4-2-6-12(14)16(22(29)30)10-18(20)24(33)34/h1-10H,(H,27,28)(H,29,30)(H,31,32)(H,33,34). The van der Waals surface area contributed by atoms with Crippen molar-refractivity contribution in [2.45, 2.75) is 0 Å². The second-order valence-corrected chi connectivity index (χ2v) is 7.68. The molecule has 0 amide bonds. The lowest BCUT2D eigenvalue weighted by atomic mass is 9.93. The van der Waals surface area contributed by atoms with Gasteiger partial charge in [0.2, 0.25) is 0 Å². The van der Waals surface area contributed by atoms with Gasteiger partial charge in [-0.3, -0.25) is 0 Å². The Morgan fingerprint density at radius 3 is 1.05 bits per heavy atom. The Morgan fingerprint density at radius 1 is 0.459 bits per heavy atom. The monoisotopic (exact) mass is 502 g/mol. The van der Waals surface area contributed by atoms with Gasteiger partial charge >= 0.3 is 35.8 Å². The Kier molecular flexibility index (Phi) is 6.12. The number of carbonyl (C=O) groups excluding carboxylic acids is 2. The fourth-order valence-electron chi connectivity index (χ4n) is 4.07. The molecule has 37 heavy (non-hydrogen) atoms. The molecule has 0 radical (unpaired) electrons. The SMILES string of the molecule is O=C(O)c1cc(C(=O)O)c2ccccc2c1C(=O)OC(=O)c1c(C(=O)O)cc(C(=O)O)c2ccccc12. The summed E-state index contributed by atoms with van der Waals surface area (Å²) in [6.45, 7) is 0. The van der Waals surface area contributed by atoms with Crippen LogP contribution in [0.15, 0.2) is 60.7 Å². The molecular formula is C26H14O11. The van der Waals surface area contributed by atoms with Gasteiger partial charge in [0.1, 0.15) is 0 Å². The number of carbonyl (C=O) groups is 6. The van der Waals surface area contributed by atoms with E-state index in [0.717, 1.165) is 12.1 Å². The van der Waals surface area contributed by atoms with Gasteiger partial charge in [0.15, 0.2) is 0 Å². The summed E-state index contributed by atoms with van der Waals surface area (Å²) in [5.41, 5.74) is -3.55. The average molecular weight is 502 g/mol. The molecule has 0 aliphatic carbocycles. The minimum absolute atomic E-state index is 0.00175. The van der Waals surface area contributed by atoms with Crippen LogP contribution in [0.3, 0.4) is 0 Å². The average Bonchev–Trinajstić information content (AvgIpc) is 2.85. The predicted molar refractivity (Wildman–Crippen MR) is 125 cm³/mol.